The zero-order valence-corrected chi connectivity index (χ0v) is 17.1. The second kappa shape index (κ2) is 8.36. The van der Waals surface area contributed by atoms with E-state index < -0.39 is 0 Å². The van der Waals surface area contributed by atoms with Crippen LogP contribution < -0.4 is 4.74 Å². The van der Waals surface area contributed by atoms with E-state index in [1.807, 2.05) is 13.0 Å². The van der Waals surface area contributed by atoms with Gasteiger partial charge in [0, 0.05) is 19.2 Å². The molecule has 4 rings (SSSR count). The van der Waals surface area contributed by atoms with Gasteiger partial charge in [-0.25, -0.2) is 0 Å². The average molecular weight is 411 g/mol. The van der Waals surface area contributed by atoms with E-state index in [1.165, 1.54) is 6.07 Å². The van der Waals surface area contributed by atoms with Gasteiger partial charge in [-0.3, -0.25) is 14.5 Å². The maximum absolute atomic E-state index is 12.8. The van der Waals surface area contributed by atoms with Gasteiger partial charge in [0.2, 0.25) is 5.78 Å². The van der Waals surface area contributed by atoms with Crippen LogP contribution in [0.5, 0.6) is 11.5 Å². The molecule has 1 N–H and O–H groups in total. The Balaban J connectivity index is 1.56. The first-order chi connectivity index (χ1) is 14.5. The van der Waals surface area contributed by atoms with Crippen LogP contribution in [-0.4, -0.2) is 41.5 Å². The molecule has 30 heavy (non-hydrogen) atoms. The molecule has 1 fully saturated rings. The van der Waals surface area contributed by atoms with Crippen molar-refractivity contribution < 1.29 is 28.6 Å². The van der Waals surface area contributed by atoms with E-state index in [1.54, 1.807) is 25.1 Å². The van der Waals surface area contributed by atoms with Crippen LogP contribution in [0, 0.1) is 12.8 Å². The summed E-state index contributed by atoms with van der Waals surface area (Å²) in [7, 11) is 0. The third-order valence-corrected chi connectivity index (χ3v) is 5.46. The topological polar surface area (TPSA) is 89.2 Å². The number of ketones is 1. The number of esters is 1. The lowest BCUT2D eigenvalue weighted by Crippen LogP contribution is -2.39. The summed E-state index contributed by atoms with van der Waals surface area (Å²) in [5, 5.41) is 10.5. The van der Waals surface area contributed by atoms with Gasteiger partial charge in [-0.15, -0.1) is 0 Å². The van der Waals surface area contributed by atoms with Crippen LogP contribution >= 0.6 is 0 Å². The first-order valence-corrected chi connectivity index (χ1v) is 10.2. The van der Waals surface area contributed by atoms with Crippen molar-refractivity contribution in [2.75, 3.05) is 19.7 Å². The fourth-order valence-corrected chi connectivity index (χ4v) is 3.99. The predicted molar refractivity (Wildman–Crippen MR) is 109 cm³/mol. The monoisotopic (exact) mass is 411 g/mol. The van der Waals surface area contributed by atoms with Crippen molar-refractivity contribution in [3.63, 3.8) is 0 Å². The van der Waals surface area contributed by atoms with Gasteiger partial charge in [0.05, 0.1) is 23.7 Å². The molecule has 0 radical (unpaired) electrons. The number of allylic oxidation sites excluding steroid dienone is 1. The number of Topliss-reactive ketones (excluding diaryl/α,β-unsaturated/α-hetero) is 1. The van der Waals surface area contributed by atoms with Crippen LogP contribution in [0.4, 0.5) is 0 Å². The number of furan rings is 1. The first kappa shape index (κ1) is 20.2. The lowest BCUT2D eigenvalue weighted by Gasteiger charge is -2.31. The Labute approximate surface area is 174 Å². The molecule has 3 heterocycles. The molecule has 158 valence electrons. The van der Waals surface area contributed by atoms with E-state index in [-0.39, 0.29) is 29.2 Å². The smallest absolute Gasteiger partial charge is 0.310 e. The molecule has 2 aliphatic heterocycles. The largest absolute Gasteiger partial charge is 0.507 e. The molecular formula is C23H25NO6. The number of rotatable bonds is 5. The van der Waals surface area contributed by atoms with Gasteiger partial charge in [0.1, 0.15) is 23.0 Å². The number of piperidine rings is 1. The first-order valence-electron chi connectivity index (χ1n) is 10.2. The summed E-state index contributed by atoms with van der Waals surface area (Å²) in [6, 6.07) is 6.67. The summed E-state index contributed by atoms with van der Waals surface area (Å²) in [6.07, 6.45) is 3.22. The van der Waals surface area contributed by atoms with Crippen molar-refractivity contribution in [2.24, 2.45) is 5.92 Å². The van der Waals surface area contributed by atoms with E-state index in [4.69, 9.17) is 13.9 Å². The summed E-state index contributed by atoms with van der Waals surface area (Å²) in [4.78, 5) is 27.0. The highest BCUT2D eigenvalue weighted by atomic mass is 16.5. The van der Waals surface area contributed by atoms with E-state index in [0.717, 1.165) is 25.1 Å². The number of carbonyl (C=O) groups excluding carboxylic acids is 2. The quantitative estimate of drug-likeness (QED) is 0.593. The minimum Gasteiger partial charge on any atom is -0.507 e. The minimum absolute atomic E-state index is 0.0647. The molecule has 1 unspecified atom stereocenters. The van der Waals surface area contributed by atoms with Crippen molar-refractivity contribution >= 4 is 17.8 Å². The van der Waals surface area contributed by atoms with Gasteiger partial charge >= 0.3 is 5.97 Å². The Morgan fingerprint density at radius 1 is 1.33 bits per heavy atom. The SMILES string of the molecule is CCOC(=O)C1CCCN(Cc2c(O)ccc3c2O/C(=C\c2ccc(C)o2)C3=O)C1. The zero-order chi connectivity index (χ0) is 21.3. The number of hydrogen-bond donors (Lipinski definition) is 1. The zero-order valence-electron chi connectivity index (χ0n) is 17.1. The Hall–Kier alpha value is -3.06. The number of phenolic OH excluding ortho intramolecular Hbond substituents is 1. The number of fused-ring (bicyclic) bond motifs is 1. The van der Waals surface area contributed by atoms with Crippen LogP contribution in [0.1, 0.15) is 47.2 Å². The minimum atomic E-state index is -0.247. The molecule has 7 nitrogen and oxygen atoms in total. The number of aromatic hydroxyl groups is 1. The number of aryl methyl sites for hydroxylation is 1. The van der Waals surface area contributed by atoms with E-state index >= 15 is 0 Å². The molecule has 0 spiro atoms. The van der Waals surface area contributed by atoms with Gasteiger partial charge in [-0.1, -0.05) is 0 Å². The Morgan fingerprint density at radius 2 is 2.17 bits per heavy atom. The van der Waals surface area contributed by atoms with Crippen LogP contribution in [0.15, 0.2) is 34.4 Å². The summed E-state index contributed by atoms with van der Waals surface area (Å²) in [5.41, 5.74) is 0.959. The van der Waals surface area contributed by atoms with E-state index in [0.29, 0.717) is 42.3 Å². The van der Waals surface area contributed by atoms with Crippen molar-refractivity contribution in [1.82, 2.24) is 4.90 Å². The molecule has 7 heteroatoms. The molecule has 0 saturated carbocycles. The normalized spacial score (nSPS) is 20.3. The molecule has 2 aliphatic rings. The van der Waals surface area contributed by atoms with Crippen molar-refractivity contribution in [3.05, 3.63) is 52.7 Å². The number of hydrogen-bond acceptors (Lipinski definition) is 7. The Kier molecular flexibility index (Phi) is 5.63. The molecular weight excluding hydrogens is 386 g/mol. The number of nitrogens with zero attached hydrogens (tertiary/aromatic N) is 1. The van der Waals surface area contributed by atoms with Crippen molar-refractivity contribution in [2.45, 2.75) is 33.2 Å². The molecule has 1 saturated heterocycles. The lowest BCUT2D eigenvalue weighted by molar-refractivity contribution is -0.150. The fourth-order valence-electron chi connectivity index (χ4n) is 3.99. The van der Waals surface area contributed by atoms with Gasteiger partial charge in [0.15, 0.2) is 5.76 Å². The standard InChI is InChI=1S/C23H25NO6/c1-3-28-23(27)15-5-4-10-24(12-15)13-18-19(25)9-8-17-21(26)20(30-22(17)18)11-16-7-6-14(2)29-16/h6-9,11,15,25H,3-5,10,12-13H2,1-2H3/b20-11-. The molecule has 1 aromatic heterocycles. The summed E-state index contributed by atoms with van der Waals surface area (Å²) >= 11 is 0. The summed E-state index contributed by atoms with van der Waals surface area (Å²) in [6.45, 7) is 5.71. The van der Waals surface area contributed by atoms with Crippen LogP contribution in [0.25, 0.3) is 6.08 Å². The molecule has 0 bridgehead atoms. The highest BCUT2D eigenvalue weighted by molar-refractivity contribution is 6.14. The fraction of sp³-hybridized carbons (Fsp3) is 0.391. The van der Waals surface area contributed by atoms with Gasteiger partial charge in [-0.05, 0) is 57.5 Å². The van der Waals surface area contributed by atoms with Gasteiger partial charge in [-0.2, -0.15) is 0 Å². The van der Waals surface area contributed by atoms with Crippen LogP contribution in [-0.2, 0) is 16.1 Å². The Morgan fingerprint density at radius 3 is 2.90 bits per heavy atom. The number of phenols is 1. The maximum Gasteiger partial charge on any atom is 0.310 e. The highest BCUT2D eigenvalue weighted by Crippen LogP contribution is 2.40. The third-order valence-electron chi connectivity index (χ3n) is 5.46. The van der Waals surface area contributed by atoms with Crippen LogP contribution in [0.3, 0.4) is 0 Å². The Bertz CT molecular complexity index is 1010. The molecule has 0 amide bonds. The number of likely N-dealkylation sites (tertiary alicyclic amines) is 1. The summed E-state index contributed by atoms with van der Waals surface area (Å²) in [5.74, 6) is 1.25. The van der Waals surface area contributed by atoms with Crippen molar-refractivity contribution in [3.8, 4) is 11.5 Å². The number of benzene rings is 1. The van der Waals surface area contributed by atoms with Crippen LogP contribution in [0.2, 0.25) is 0 Å². The number of carbonyl (C=O) groups is 2. The van der Waals surface area contributed by atoms with E-state index in [9.17, 15) is 14.7 Å². The number of ether oxygens (including phenoxy) is 2. The molecule has 1 aromatic carbocycles. The second-order valence-electron chi connectivity index (χ2n) is 7.65. The third kappa shape index (κ3) is 3.98. The predicted octanol–water partition coefficient (Wildman–Crippen LogP) is 3.68. The van der Waals surface area contributed by atoms with Gasteiger partial charge in [0.25, 0.3) is 0 Å². The average Bonchev–Trinajstić information content (AvgIpc) is 3.28. The highest BCUT2D eigenvalue weighted by Gasteiger charge is 2.33. The van der Waals surface area contributed by atoms with E-state index in [2.05, 4.69) is 4.90 Å². The molecule has 1 atom stereocenters. The maximum atomic E-state index is 12.8. The van der Waals surface area contributed by atoms with Crippen molar-refractivity contribution in [1.29, 1.82) is 0 Å². The lowest BCUT2D eigenvalue weighted by atomic mass is 9.97. The van der Waals surface area contributed by atoms with Gasteiger partial charge < -0.3 is 19.0 Å². The summed E-state index contributed by atoms with van der Waals surface area (Å²) < 4.78 is 16.5. The second-order valence-corrected chi connectivity index (χ2v) is 7.65. The molecule has 2 aromatic rings. The molecule has 0 aliphatic carbocycles.